The average molecular weight is 451 g/mol. The normalized spacial score (nSPS) is 11.9. The van der Waals surface area contributed by atoms with Gasteiger partial charge in [-0.15, -0.1) is 0 Å². The number of nitrogens with one attached hydrogen (secondary N) is 1. The van der Waals surface area contributed by atoms with Crippen LogP contribution < -0.4 is 10.1 Å². The minimum absolute atomic E-state index is 0.0244. The van der Waals surface area contributed by atoms with Gasteiger partial charge in [-0.3, -0.25) is 9.59 Å². The minimum Gasteiger partial charge on any atom is -0.484 e. The number of halogens is 2. The fraction of sp³-hybridized carbons (Fsp3) is 0.391. The highest BCUT2D eigenvalue weighted by Gasteiger charge is 2.27. The standard InChI is InChI=1S/C23H28Cl2N2O3/c1-14(2)26-23(29)17(5)27(12-18-6-8-19(24)9-7-18)21(28)13-30-20-10-15(3)22(25)16(4)11-20/h6-11,14,17H,12-13H2,1-5H3,(H,26,29)/t17-/m0/s1. The highest BCUT2D eigenvalue weighted by molar-refractivity contribution is 6.32. The highest BCUT2D eigenvalue weighted by Crippen LogP contribution is 2.26. The summed E-state index contributed by atoms with van der Waals surface area (Å²) in [5.74, 6) is 0.0561. The first kappa shape index (κ1) is 24.0. The molecule has 5 nitrogen and oxygen atoms in total. The van der Waals surface area contributed by atoms with Crippen LogP contribution in [-0.2, 0) is 16.1 Å². The van der Waals surface area contributed by atoms with Gasteiger partial charge in [-0.1, -0.05) is 35.3 Å². The number of hydrogen-bond acceptors (Lipinski definition) is 3. The highest BCUT2D eigenvalue weighted by atomic mass is 35.5. The molecule has 0 radical (unpaired) electrons. The molecule has 0 aliphatic heterocycles. The average Bonchev–Trinajstić information content (AvgIpc) is 2.68. The summed E-state index contributed by atoms with van der Waals surface area (Å²) in [6, 6.07) is 10.1. The number of carbonyl (C=O) groups excluding carboxylic acids is 2. The van der Waals surface area contributed by atoms with Crippen LogP contribution in [0.1, 0.15) is 37.5 Å². The number of ether oxygens (including phenoxy) is 1. The van der Waals surface area contributed by atoms with Crippen molar-refractivity contribution in [3.63, 3.8) is 0 Å². The number of nitrogens with zero attached hydrogens (tertiary/aromatic N) is 1. The number of amides is 2. The van der Waals surface area contributed by atoms with Gasteiger partial charge < -0.3 is 15.0 Å². The molecule has 0 aliphatic carbocycles. The first-order valence-corrected chi connectivity index (χ1v) is 10.6. The molecule has 0 heterocycles. The van der Waals surface area contributed by atoms with Gasteiger partial charge in [0, 0.05) is 22.6 Å². The Balaban J connectivity index is 2.18. The van der Waals surface area contributed by atoms with Crippen LogP contribution in [0.5, 0.6) is 5.75 Å². The molecule has 2 aromatic carbocycles. The Morgan fingerprint density at radius 3 is 2.13 bits per heavy atom. The maximum atomic E-state index is 13.0. The Labute approximate surface area is 188 Å². The van der Waals surface area contributed by atoms with E-state index in [1.807, 2.05) is 39.8 Å². The Morgan fingerprint density at radius 2 is 1.60 bits per heavy atom. The van der Waals surface area contributed by atoms with E-state index >= 15 is 0 Å². The van der Waals surface area contributed by atoms with Gasteiger partial charge in [0.05, 0.1) is 0 Å². The Kier molecular flexibility index (Phi) is 8.56. The minimum atomic E-state index is -0.659. The quantitative estimate of drug-likeness (QED) is 0.619. The third kappa shape index (κ3) is 6.64. The van der Waals surface area contributed by atoms with E-state index in [4.69, 9.17) is 27.9 Å². The SMILES string of the molecule is Cc1cc(OCC(=O)N(Cc2ccc(Cl)cc2)[C@@H](C)C(=O)NC(C)C)cc(C)c1Cl. The van der Waals surface area contributed by atoms with Gasteiger partial charge in [0.1, 0.15) is 11.8 Å². The molecule has 2 rings (SSSR count). The van der Waals surface area contributed by atoms with Gasteiger partial charge in [0.15, 0.2) is 6.61 Å². The molecule has 1 N–H and O–H groups in total. The zero-order chi connectivity index (χ0) is 22.4. The lowest BCUT2D eigenvalue weighted by molar-refractivity contribution is -0.142. The fourth-order valence-electron chi connectivity index (χ4n) is 2.99. The van der Waals surface area contributed by atoms with Gasteiger partial charge in [0.25, 0.3) is 5.91 Å². The molecule has 0 saturated carbocycles. The number of aryl methyl sites for hydroxylation is 2. The van der Waals surface area contributed by atoms with E-state index in [1.54, 1.807) is 31.2 Å². The van der Waals surface area contributed by atoms with Crippen molar-refractivity contribution in [3.05, 3.63) is 63.1 Å². The van der Waals surface area contributed by atoms with Crippen molar-refractivity contribution in [1.29, 1.82) is 0 Å². The summed E-state index contributed by atoms with van der Waals surface area (Å²) in [7, 11) is 0. The second-order valence-electron chi connectivity index (χ2n) is 7.65. The van der Waals surface area contributed by atoms with E-state index in [-0.39, 0.29) is 31.0 Å². The molecule has 0 aromatic heterocycles. The molecule has 30 heavy (non-hydrogen) atoms. The van der Waals surface area contributed by atoms with Crippen molar-refractivity contribution in [2.45, 2.75) is 53.2 Å². The molecule has 0 bridgehead atoms. The van der Waals surface area contributed by atoms with Crippen molar-refractivity contribution in [1.82, 2.24) is 10.2 Å². The van der Waals surface area contributed by atoms with Crippen molar-refractivity contribution >= 4 is 35.0 Å². The molecule has 162 valence electrons. The predicted molar refractivity (Wildman–Crippen MR) is 121 cm³/mol. The van der Waals surface area contributed by atoms with Crippen molar-refractivity contribution in [2.24, 2.45) is 0 Å². The van der Waals surface area contributed by atoms with Gasteiger partial charge in [-0.25, -0.2) is 0 Å². The fourth-order valence-corrected chi connectivity index (χ4v) is 3.23. The summed E-state index contributed by atoms with van der Waals surface area (Å²) in [6.45, 7) is 9.32. The van der Waals surface area contributed by atoms with E-state index < -0.39 is 6.04 Å². The van der Waals surface area contributed by atoms with E-state index in [2.05, 4.69) is 5.32 Å². The third-order valence-corrected chi connectivity index (χ3v) is 5.48. The topological polar surface area (TPSA) is 58.6 Å². The smallest absolute Gasteiger partial charge is 0.261 e. The molecule has 1 atom stereocenters. The number of rotatable bonds is 8. The van der Waals surface area contributed by atoms with Crippen LogP contribution in [0.2, 0.25) is 10.0 Å². The molecule has 2 amide bonds. The van der Waals surface area contributed by atoms with E-state index in [0.29, 0.717) is 15.8 Å². The molecule has 0 spiro atoms. The Hall–Kier alpha value is -2.24. The predicted octanol–water partition coefficient (Wildman–Crippen LogP) is 4.93. The van der Waals surface area contributed by atoms with Gasteiger partial charge in [-0.05, 0) is 75.6 Å². The second kappa shape index (κ2) is 10.7. The molecule has 7 heteroatoms. The number of benzene rings is 2. The zero-order valence-corrected chi connectivity index (χ0v) is 19.5. The van der Waals surface area contributed by atoms with E-state index in [0.717, 1.165) is 16.7 Å². The molecule has 0 fully saturated rings. The molecule has 0 aliphatic rings. The van der Waals surface area contributed by atoms with E-state index in [1.165, 1.54) is 4.90 Å². The summed E-state index contributed by atoms with van der Waals surface area (Å²) in [5.41, 5.74) is 2.62. The second-order valence-corrected chi connectivity index (χ2v) is 8.46. The molecular weight excluding hydrogens is 423 g/mol. The van der Waals surface area contributed by atoms with Crippen LogP contribution in [0.25, 0.3) is 0 Å². The first-order valence-electron chi connectivity index (χ1n) is 9.82. The van der Waals surface area contributed by atoms with Gasteiger partial charge >= 0.3 is 0 Å². The van der Waals surface area contributed by atoms with Crippen molar-refractivity contribution in [2.75, 3.05) is 6.61 Å². The summed E-state index contributed by atoms with van der Waals surface area (Å²) >= 11 is 12.2. The monoisotopic (exact) mass is 450 g/mol. The number of carbonyl (C=O) groups is 2. The molecule has 0 saturated heterocycles. The van der Waals surface area contributed by atoms with Gasteiger partial charge in [-0.2, -0.15) is 0 Å². The largest absolute Gasteiger partial charge is 0.484 e. The third-order valence-electron chi connectivity index (χ3n) is 4.64. The summed E-state index contributed by atoms with van der Waals surface area (Å²) in [6.07, 6.45) is 0. The summed E-state index contributed by atoms with van der Waals surface area (Å²) < 4.78 is 5.73. The van der Waals surface area contributed by atoms with Crippen LogP contribution in [-0.4, -0.2) is 35.4 Å². The Bertz CT molecular complexity index is 875. The van der Waals surface area contributed by atoms with Gasteiger partial charge in [0.2, 0.25) is 5.91 Å². The van der Waals surface area contributed by atoms with Crippen LogP contribution in [0.4, 0.5) is 0 Å². The first-order chi connectivity index (χ1) is 14.1. The maximum absolute atomic E-state index is 13.0. The summed E-state index contributed by atoms with van der Waals surface area (Å²) in [5, 5.41) is 4.15. The molecule has 2 aromatic rings. The number of hydrogen-bond donors (Lipinski definition) is 1. The lowest BCUT2D eigenvalue weighted by Crippen LogP contribution is -2.50. The molecule has 0 unspecified atom stereocenters. The van der Waals surface area contributed by atoms with Crippen molar-refractivity contribution < 1.29 is 14.3 Å². The molecular formula is C23H28Cl2N2O3. The Morgan fingerprint density at radius 1 is 1.03 bits per heavy atom. The zero-order valence-electron chi connectivity index (χ0n) is 18.0. The summed E-state index contributed by atoms with van der Waals surface area (Å²) in [4.78, 5) is 27.1. The van der Waals surface area contributed by atoms with Crippen LogP contribution in [0.15, 0.2) is 36.4 Å². The lowest BCUT2D eigenvalue weighted by atomic mass is 10.1. The maximum Gasteiger partial charge on any atom is 0.261 e. The van der Waals surface area contributed by atoms with E-state index in [9.17, 15) is 9.59 Å². The lowest BCUT2D eigenvalue weighted by Gasteiger charge is -2.29. The van der Waals surface area contributed by atoms with Crippen molar-refractivity contribution in [3.8, 4) is 5.75 Å². The van der Waals surface area contributed by atoms with Crippen LogP contribution in [0, 0.1) is 13.8 Å². The van der Waals surface area contributed by atoms with Crippen LogP contribution in [0.3, 0.4) is 0 Å². The van der Waals surface area contributed by atoms with Crippen LogP contribution >= 0.6 is 23.2 Å².